The van der Waals surface area contributed by atoms with Crippen molar-refractivity contribution in [2.24, 2.45) is 4.99 Å². The predicted molar refractivity (Wildman–Crippen MR) is 88.5 cm³/mol. The zero-order valence-electron chi connectivity index (χ0n) is 12.4. The Labute approximate surface area is 135 Å². The van der Waals surface area contributed by atoms with Gasteiger partial charge in [0.25, 0.3) is 0 Å². The molecule has 1 aromatic rings. The number of rotatable bonds is 5. The van der Waals surface area contributed by atoms with Crippen LogP contribution in [0.4, 0.5) is 0 Å². The normalized spacial score (nSPS) is 20.6. The molecule has 0 bridgehead atoms. The van der Waals surface area contributed by atoms with Crippen LogP contribution in [0.15, 0.2) is 29.3 Å². The summed E-state index contributed by atoms with van der Waals surface area (Å²) in [6.45, 7) is 1.02. The number of ether oxygens (including phenoxy) is 1. The molecule has 1 saturated heterocycles. The number of nitrogens with zero attached hydrogens (tertiary/aromatic N) is 1. The molecule has 22 heavy (non-hydrogen) atoms. The number of aliphatic imine (C=N–C) groups is 1. The van der Waals surface area contributed by atoms with Crippen LogP contribution in [-0.4, -0.2) is 52.1 Å². The quantitative estimate of drug-likeness (QED) is 0.474. The number of nitrogens with one attached hydrogen (secondary N) is 2. The molecule has 1 atom stereocenters. The van der Waals surface area contributed by atoms with Crippen molar-refractivity contribution in [1.82, 2.24) is 10.6 Å². The average molecular weight is 346 g/mol. The zero-order chi connectivity index (χ0) is 16.0. The molecular formula is C14H20ClN3O3S. The number of benzene rings is 1. The fourth-order valence-corrected chi connectivity index (χ4v) is 3.97. The van der Waals surface area contributed by atoms with Gasteiger partial charge in [-0.2, -0.15) is 0 Å². The molecule has 8 heteroatoms. The van der Waals surface area contributed by atoms with Crippen LogP contribution in [0.2, 0.25) is 5.02 Å². The Morgan fingerprint density at radius 3 is 2.73 bits per heavy atom. The van der Waals surface area contributed by atoms with Crippen LogP contribution in [-0.2, 0) is 9.84 Å². The van der Waals surface area contributed by atoms with Gasteiger partial charge in [0.2, 0.25) is 0 Å². The smallest absolute Gasteiger partial charge is 0.191 e. The Balaban J connectivity index is 1.69. The molecule has 1 unspecified atom stereocenters. The van der Waals surface area contributed by atoms with Gasteiger partial charge in [-0.15, -0.1) is 0 Å². The minimum absolute atomic E-state index is 0.0756. The van der Waals surface area contributed by atoms with Gasteiger partial charge in [-0.3, -0.25) is 4.99 Å². The highest BCUT2D eigenvalue weighted by atomic mass is 35.5. The van der Waals surface area contributed by atoms with Crippen molar-refractivity contribution in [3.63, 3.8) is 0 Å². The van der Waals surface area contributed by atoms with Gasteiger partial charge in [0.15, 0.2) is 15.8 Å². The van der Waals surface area contributed by atoms with Crippen molar-refractivity contribution in [2.45, 2.75) is 12.5 Å². The largest absolute Gasteiger partial charge is 0.492 e. The summed E-state index contributed by atoms with van der Waals surface area (Å²) in [5.74, 6) is 1.73. The van der Waals surface area contributed by atoms with E-state index in [0.29, 0.717) is 30.6 Å². The van der Waals surface area contributed by atoms with Crippen LogP contribution < -0.4 is 15.4 Å². The maximum absolute atomic E-state index is 11.4. The third-order valence-corrected chi connectivity index (χ3v) is 5.29. The molecule has 122 valence electrons. The van der Waals surface area contributed by atoms with E-state index < -0.39 is 9.84 Å². The molecule has 2 N–H and O–H groups in total. The van der Waals surface area contributed by atoms with E-state index in [2.05, 4.69) is 15.6 Å². The first-order valence-corrected chi connectivity index (χ1v) is 9.24. The van der Waals surface area contributed by atoms with Crippen molar-refractivity contribution in [2.75, 3.05) is 31.7 Å². The number of halogens is 1. The van der Waals surface area contributed by atoms with Gasteiger partial charge >= 0.3 is 0 Å². The van der Waals surface area contributed by atoms with Gasteiger partial charge in [-0.1, -0.05) is 11.6 Å². The highest BCUT2D eigenvalue weighted by Crippen LogP contribution is 2.15. The molecule has 1 aliphatic heterocycles. The summed E-state index contributed by atoms with van der Waals surface area (Å²) in [6.07, 6.45) is 0.615. The Kier molecular flexibility index (Phi) is 5.90. The van der Waals surface area contributed by atoms with Crippen LogP contribution in [0, 0.1) is 0 Å². The Bertz CT molecular complexity index is 617. The third-order valence-electron chi connectivity index (χ3n) is 3.27. The van der Waals surface area contributed by atoms with Gasteiger partial charge in [-0.25, -0.2) is 8.42 Å². The summed E-state index contributed by atoms with van der Waals surface area (Å²) in [5.41, 5.74) is 0. The van der Waals surface area contributed by atoms with Crippen LogP contribution >= 0.6 is 11.6 Å². The molecule has 0 amide bonds. The minimum atomic E-state index is -2.89. The maximum Gasteiger partial charge on any atom is 0.191 e. The summed E-state index contributed by atoms with van der Waals surface area (Å²) in [4.78, 5) is 4.08. The molecule has 0 radical (unpaired) electrons. The van der Waals surface area contributed by atoms with Crippen molar-refractivity contribution >= 4 is 27.4 Å². The van der Waals surface area contributed by atoms with Crippen LogP contribution in [0.5, 0.6) is 5.75 Å². The van der Waals surface area contributed by atoms with E-state index in [-0.39, 0.29) is 17.5 Å². The molecule has 1 heterocycles. The number of sulfone groups is 1. The highest BCUT2D eigenvalue weighted by Gasteiger charge is 2.28. The summed E-state index contributed by atoms with van der Waals surface area (Å²) in [5, 5.41) is 6.88. The first-order chi connectivity index (χ1) is 10.5. The molecule has 0 spiro atoms. The van der Waals surface area contributed by atoms with E-state index in [1.165, 1.54) is 0 Å². The molecule has 0 aromatic heterocycles. The highest BCUT2D eigenvalue weighted by molar-refractivity contribution is 7.91. The molecular weight excluding hydrogens is 326 g/mol. The lowest BCUT2D eigenvalue weighted by Gasteiger charge is -2.16. The second-order valence-electron chi connectivity index (χ2n) is 5.05. The van der Waals surface area contributed by atoms with E-state index in [9.17, 15) is 8.42 Å². The van der Waals surface area contributed by atoms with E-state index in [1.807, 2.05) is 0 Å². The number of hydrogen-bond acceptors (Lipinski definition) is 4. The molecule has 6 nitrogen and oxygen atoms in total. The molecule has 1 fully saturated rings. The van der Waals surface area contributed by atoms with Crippen LogP contribution in [0.1, 0.15) is 6.42 Å². The number of hydrogen-bond donors (Lipinski definition) is 2. The lowest BCUT2D eigenvalue weighted by molar-refractivity contribution is 0.321. The molecule has 2 rings (SSSR count). The SMILES string of the molecule is CN=C(NCCOc1ccc(Cl)cc1)NC1CCS(=O)(=O)C1. The zero-order valence-corrected chi connectivity index (χ0v) is 14.0. The van der Waals surface area contributed by atoms with Crippen LogP contribution in [0.3, 0.4) is 0 Å². The maximum atomic E-state index is 11.4. The fraction of sp³-hybridized carbons (Fsp3) is 0.500. The molecule has 0 aliphatic carbocycles. The Morgan fingerprint density at radius 2 is 2.14 bits per heavy atom. The standard InChI is InChI=1S/C14H20ClN3O3S/c1-16-14(18-12-6-9-22(19,20)10-12)17-7-8-21-13-4-2-11(15)3-5-13/h2-5,12H,6-10H2,1H3,(H2,16,17,18). The van der Waals surface area contributed by atoms with Gasteiger partial charge in [0.05, 0.1) is 18.1 Å². The van der Waals surface area contributed by atoms with Gasteiger partial charge in [0, 0.05) is 18.1 Å². The minimum Gasteiger partial charge on any atom is -0.492 e. The van der Waals surface area contributed by atoms with Gasteiger partial charge in [-0.05, 0) is 30.7 Å². The molecule has 1 aromatic carbocycles. The summed E-state index contributed by atoms with van der Waals surface area (Å²) < 4.78 is 28.4. The van der Waals surface area contributed by atoms with Crippen LogP contribution in [0.25, 0.3) is 0 Å². The van der Waals surface area contributed by atoms with Gasteiger partial charge in [0.1, 0.15) is 12.4 Å². The fourth-order valence-electron chi connectivity index (χ4n) is 2.17. The predicted octanol–water partition coefficient (Wildman–Crippen LogP) is 1.07. The first kappa shape index (κ1) is 16.9. The lowest BCUT2D eigenvalue weighted by atomic mass is 10.3. The van der Waals surface area contributed by atoms with Gasteiger partial charge < -0.3 is 15.4 Å². The molecule has 0 saturated carbocycles. The lowest BCUT2D eigenvalue weighted by Crippen LogP contribution is -2.45. The Hall–Kier alpha value is -1.47. The summed E-state index contributed by atoms with van der Waals surface area (Å²) in [7, 11) is -1.24. The molecule has 1 aliphatic rings. The van der Waals surface area contributed by atoms with Crippen molar-refractivity contribution in [1.29, 1.82) is 0 Å². The van der Waals surface area contributed by atoms with Crippen molar-refractivity contribution in [3.05, 3.63) is 29.3 Å². The second-order valence-corrected chi connectivity index (χ2v) is 7.71. The Morgan fingerprint density at radius 1 is 1.41 bits per heavy atom. The van der Waals surface area contributed by atoms with E-state index in [0.717, 1.165) is 5.75 Å². The number of guanidine groups is 1. The third kappa shape index (κ3) is 5.38. The topological polar surface area (TPSA) is 79.8 Å². The monoisotopic (exact) mass is 345 g/mol. The first-order valence-electron chi connectivity index (χ1n) is 7.04. The van der Waals surface area contributed by atoms with E-state index >= 15 is 0 Å². The van der Waals surface area contributed by atoms with Crippen molar-refractivity contribution in [3.8, 4) is 5.75 Å². The van der Waals surface area contributed by atoms with E-state index in [4.69, 9.17) is 16.3 Å². The van der Waals surface area contributed by atoms with Crippen molar-refractivity contribution < 1.29 is 13.2 Å². The summed E-state index contributed by atoms with van der Waals surface area (Å²) >= 11 is 5.80. The average Bonchev–Trinajstić information content (AvgIpc) is 2.83. The van der Waals surface area contributed by atoms with E-state index in [1.54, 1.807) is 31.3 Å². The summed E-state index contributed by atoms with van der Waals surface area (Å²) in [6, 6.07) is 7.07. The second kappa shape index (κ2) is 7.69.